The normalized spacial score (nSPS) is 18.6. The third kappa shape index (κ3) is 3.28. The molecule has 1 aliphatic heterocycles. The molecule has 1 aromatic heterocycles. The average Bonchev–Trinajstić information content (AvgIpc) is 3.53. The van der Waals surface area contributed by atoms with Gasteiger partial charge in [0.1, 0.15) is 0 Å². The number of amides is 1. The van der Waals surface area contributed by atoms with E-state index in [1.54, 1.807) is 14.2 Å². The zero-order valence-corrected chi connectivity index (χ0v) is 17.4. The van der Waals surface area contributed by atoms with Gasteiger partial charge in [-0.3, -0.25) is 9.78 Å². The lowest BCUT2D eigenvalue weighted by Crippen LogP contribution is -2.31. The molecule has 3 aromatic rings. The number of nitrogens with zero attached hydrogens (tertiary/aromatic N) is 2. The Kier molecular flexibility index (Phi) is 4.81. The molecule has 0 bridgehead atoms. The van der Waals surface area contributed by atoms with Crippen molar-refractivity contribution in [1.82, 2.24) is 9.88 Å². The van der Waals surface area contributed by atoms with Crippen LogP contribution in [0.4, 0.5) is 0 Å². The predicted octanol–water partition coefficient (Wildman–Crippen LogP) is 5.11. The summed E-state index contributed by atoms with van der Waals surface area (Å²) in [4.78, 5) is 20.6. The summed E-state index contributed by atoms with van der Waals surface area (Å²) in [5.74, 6) is 1.99. The minimum atomic E-state index is 0.0357. The van der Waals surface area contributed by atoms with Gasteiger partial charge in [0, 0.05) is 23.5 Å². The highest BCUT2D eigenvalue weighted by atomic mass is 16.5. The monoisotopic (exact) mass is 402 g/mol. The van der Waals surface area contributed by atoms with Gasteiger partial charge >= 0.3 is 0 Å². The topological polar surface area (TPSA) is 51.7 Å². The van der Waals surface area contributed by atoms with Crippen LogP contribution in [0.2, 0.25) is 0 Å². The van der Waals surface area contributed by atoms with Crippen LogP contribution in [-0.2, 0) is 0 Å². The van der Waals surface area contributed by atoms with Gasteiger partial charge in [0.15, 0.2) is 11.5 Å². The van der Waals surface area contributed by atoms with Crippen LogP contribution in [0.3, 0.4) is 0 Å². The summed E-state index contributed by atoms with van der Waals surface area (Å²) in [6.07, 6.45) is 4.26. The van der Waals surface area contributed by atoms with Gasteiger partial charge < -0.3 is 14.4 Å². The van der Waals surface area contributed by atoms with Gasteiger partial charge in [-0.05, 0) is 55.5 Å². The smallest absolute Gasteiger partial charge is 0.255 e. The van der Waals surface area contributed by atoms with Gasteiger partial charge in [0.2, 0.25) is 0 Å². The van der Waals surface area contributed by atoms with Crippen molar-refractivity contribution in [1.29, 1.82) is 0 Å². The van der Waals surface area contributed by atoms with Gasteiger partial charge in [0.25, 0.3) is 5.91 Å². The molecule has 2 heterocycles. The fourth-order valence-electron chi connectivity index (χ4n) is 4.53. The highest BCUT2D eigenvalue weighted by Crippen LogP contribution is 2.41. The lowest BCUT2D eigenvalue weighted by atomic mass is 10.0. The van der Waals surface area contributed by atoms with Crippen molar-refractivity contribution in [2.75, 3.05) is 20.8 Å². The fourth-order valence-corrected chi connectivity index (χ4v) is 4.53. The van der Waals surface area contributed by atoms with E-state index in [2.05, 4.69) is 0 Å². The van der Waals surface area contributed by atoms with Gasteiger partial charge in [-0.2, -0.15) is 0 Å². The molecule has 5 rings (SSSR count). The van der Waals surface area contributed by atoms with Gasteiger partial charge in [-0.25, -0.2) is 0 Å². The van der Waals surface area contributed by atoms with Crippen molar-refractivity contribution in [3.05, 3.63) is 65.4 Å². The zero-order chi connectivity index (χ0) is 20.7. The molecule has 5 heteroatoms. The Morgan fingerprint density at radius 3 is 2.57 bits per heavy atom. The summed E-state index contributed by atoms with van der Waals surface area (Å²) >= 11 is 0. The van der Waals surface area contributed by atoms with E-state index in [-0.39, 0.29) is 11.9 Å². The largest absolute Gasteiger partial charge is 0.493 e. The summed E-state index contributed by atoms with van der Waals surface area (Å²) in [5.41, 5.74) is 3.82. The first-order chi connectivity index (χ1) is 14.7. The van der Waals surface area contributed by atoms with Gasteiger partial charge in [-0.15, -0.1) is 0 Å². The minimum absolute atomic E-state index is 0.0357. The third-order valence-electron chi connectivity index (χ3n) is 6.27. The van der Waals surface area contributed by atoms with E-state index in [0.29, 0.717) is 17.4 Å². The highest BCUT2D eigenvalue weighted by molar-refractivity contribution is 6.06. The molecule has 0 spiro atoms. The maximum atomic E-state index is 13.8. The number of methoxy groups -OCH3 is 2. The standard InChI is InChI=1S/C25H26N2O3/c1-29-23-12-11-17(14-24(23)30-2)22-8-5-13-27(22)25(28)19-15-21(16-9-10-16)26-20-7-4-3-6-18(19)20/h3-4,6-7,11-12,14-16,22H,5,8-10,13H2,1-2H3. The summed E-state index contributed by atoms with van der Waals surface area (Å²) in [7, 11) is 3.27. The molecule has 154 valence electrons. The van der Waals surface area contributed by atoms with E-state index in [4.69, 9.17) is 14.5 Å². The zero-order valence-electron chi connectivity index (χ0n) is 17.4. The summed E-state index contributed by atoms with van der Waals surface area (Å²) in [5, 5.41) is 0.935. The van der Waals surface area contributed by atoms with Crippen LogP contribution in [0.25, 0.3) is 10.9 Å². The van der Waals surface area contributed by atoms with E-state index >= 15 is 0 Å². The number of rotatable bonds is 5. The molecule has 0 radical (unpaired) electrons. The molecule has 2 aromatic carbocycles. The Hall–Kier alpha value is -3.08. The van der Waals surface area contributed by atoms with Crippen LogP contribution >= 0.6 is 0 Å². The van der Waals surface area contributed by atoms with Crippen molar-refractivity contribution in [3.63, 3.8) is 0 Å². The Morgan fingerprint density at radius 2 is 1.80 bits per heavy atom. The molecule has 1 atom stereocenters. The number of ether oxygens (including phenoxy) is 2. The fraction of sp³-hybridized carbons (Fsp3) is 0.360. The number of carbonyl (C=O) groups excluding carboxylic acids is 1. The first-order valence-corrected chi connectivity index (χ1v) is 10.6. The van der Waals surface area contributed by atoms with E-state index < -0.39 is 0 Å². The second kappa shape index (κ2) is 7.63. The van der Waals surface area contributed by atoms with E-state index in [1.165, 1.54) is 0 Å². The number of benzene rings is 2. The van der Waals surface area contributed by atoms with E-state index in [0.717, 1.165) is 60.0 Å². The average molecular weight is 402 g/mol. The molecule has 0 N–H and O–H groups in total. The highest BCUT2D eigenvalue weighted by Gasteiger charge is 2.33. The number of pyridine rings is 1. The maximum Gasteiger partial charge on any atom is 0.255 e. The molecule has 1 saturated heterocycles. The van der Waals surface area contributed by atoms with Crippen LogP contribution < -0.4 is 9.47 Å². The van der Waals surface area contributed by atoms with Gasteiger partial charge in [-0.1, -0.05) is 24.3 Å². The number of aromatic nitrogens is 1. The Balaban J connectivity index is 1.53. The molecule has 1 unspecified atom stereocenters. The second-order valence-corrected chi connectivity index (χ2v) is 8.16. The number of fused-ring (bicyclic) bond motifs is 1. The molecule has 2 fully saturated rings. The molecule has 1 aliphatic carbocycles. The minimum Gasteiger partial charge on any atom is -0.493 e. The lowest BCUT2D eigenvalue weighted by molar-refractivity contribution is 0.0737. The maximum absolute atomic E-state index is 13.8. The molecule has 1 saturated carbocycles. The summed E-state index contributed by atoms with van der Waals surface area (Å²) < 4.78 is 10.9. The van der Waals surface area contributed by atoms with Crippen molar-refractivity contribution in [2.24, 2.45) is 0 Å². The summed E-state index contributed by atoms with van der Waals surface area (Å²) in [6.45, 7) is 0.757. The molecular formula is C25H26N2O3. The number of carbonyl (C=O) groups is 1. The number of hydrogen-bond acceptors (Lipinski definition) is 4. The van der Waals surface area contributed by atoms with Crippen molar-refractivity contribution in [3.8, 4) is 11.5 Å². The molecule has 5 nitrogen and oxygen atoms in total. The number of para-hydroxylation sites is 1. The van der Waals surface area contributed by atoms with Gasteiger partial charge in [0.05, 0.1) is 31.3 Å². The van der Waals surface area contributed by atoms with Crippen LogP contribution in [-0.4, -0.2) is 36.6 Å². The van der Waals surface area contributed by atoms with Crippen molar-refractivity contribution in [2.45, 2.75) is 37.6 Å². The molecule has 2 aliphatic rings. The number of hydrogen-bond donors (Lipinski definition) is 0. The Bertz CT molecular complexity index is 1110. The van der Waals surface area contributed by atoms with Crippen LogP contribution in [0.1, 0.15) is 59.3 Å². The van der Waals surface area contributed by atoms with Crippen LogP contribution in [0.15, 0.2) is 48.5 Å². The van der Waals surface area contributed by atoms with E-state index in [1.807, 2.05) is 53.4 Å². The Morgan fingerprint density at radius 1 is 1.00 bits per heavy atom. The number of likely N-dealkylation sites (tertiary alicyclic amines) is 1. The molecule has 1 amide bonds. The molecular weight excluding hydrogens is 376 g/mol. The first kappa shape index (κ1) is 18.9. The van der Waals surface area contributed by atoms with Crippen LogP contribution in [0, 0.1) is 0 Å². The molecule has 30 heavy (non-hydrogen) atoms. The van der Waals surface area contributed by atoms with Crippen molar-refractivity contribution < 1.29 is 14.3 Å². The van der Waals surface area contributed by atoms with E-state index in [9.17, 15) is 4.79 Å². The Labute approximate surface area is 176 Å². The lowest BCUT2D eigenvalue weighted by Gasteiger charge is -2.26. The second-order valence-electron chi connectivity index (χ2n) is 8.16. The van der Waals surface area contributed by atoms with Crippen molar-refractivity contribution >= 4 is 16.8 Å². The summed E-state index contributed by atoms with van der Waals surface area (Å²) in [6, 6.07) is 16.0. The van der Waals surface area contributed by atoms with Crippen LogP contribution in [0.5, 0.6) is 11.5 Å². The quantitative estimate of drug-likeness (QED) is 0.595. The third-order valence-corrected chi connectivity index (χ3v) is 6.27. The first-order valence-electron chi connectivity index (χ1n) is 10.6. The SMILES string of the molecule is COc1ccc(C2CCCN2C(=O)c2cc(C3CC3)nc3ccccc23)cc1OC. The predicted molar refractivity (Wildman–Crippen MR) is 116 cm³/mol.